The van der Waals surface area contributed by atoms with E-state index < -0.39 is 5.54 Å². The van der Waals surface area contributed by atoms with Crippen LogP contribution in [0.25, 0.3) is 11.2 Å². The number of hydrogen-bond donors (Lipinski definition) is 2. The van der Waals surface area contributed by atoms with Crippen LogP contribution in [0.2, 0.25) is 0 Å². The largest absolute Gasteiger partial charge is 0.328 e. The number of nitrogens with zero attached hydrogens (tertiary/aromatic N) is 2. The van der Waals surface area contributed by atoms with Crippen molar-refractivity contribution in [2.45, 2.75) is 18.4 Å². The van der Waals surface area contributed by atoms with E-state index in [9.17, 15) is 9.59 Å². The second-order valence-corrected chi connectivity index (χ2v) is 5.25. The molecule has 1 aliphatic carbocycles. The highest BCUT2D eigenvalue weighted by Crippen LogP contribution is 2.50. The SMILES string of the molecule is C=C1NC(=O)C2(n3c(=O)[nH]c4ncccc43)CC1C2. The van der Waals surface area contributed by atoms with Gasteiger partial charge in [-0.15, -0.1) is 0 Å². The van der Waals surface area contributed by atoms with Crippen molar-refractivity contribution in [3.63, 3.8) is 0 Å². The van der Waals surface area contributed by atoms with Crippen LogP contribution in [0.4, 0.5) is 0 Å². The van der Waals surface area contributed by atoms with Crippen LogP contribution in [0, 0.1) is 5.92 Å². The van der Waals surface area contributed by atoms with E-state index in [0.717, 1.165) is 5.70 Å². The molecule has 0 aromatic carbocycles. The van der Waals surface area contributed by atoms with Crippen molar-refractivity contribution in [2.75, 3.05) is 0 Å². The fraction of sp³-hybridized carbons (Fsp3) is 0.308. The summed E-state index contributed by atoms with van der Waals surface area (Å²) in [5.74, 6) is 0.123. The first kappa shape index (κ1) is 10.5. The molecule has 6 heteroatoms. The zero-order valence-corrected chi connectivity index (χ0v) is 10.1. The van der Waals surface area contributed by atoms with Crippen LogP contribution >= 0.6 is 0 Å². The van der Waals surface area contributed by atoms with Crippen molar-refractivity contribution in [1.29, 1.82) is 0 Å². The first-order chi connectivity index (χ1) is 9.12. The van der Waals surface area contributed by atoms with Crippen LogP contribution in [0.3, 0.4) is 0 Å². The molecule has 2 aromatic heterocycles. The number of imidazole rings is 1. The number of rotatable bonds is 1. The molecule has 2 aliphatic heterocycles. The van der Waals surface area contributed by atoms with Gasteiger partial charge in [-0.2, -0.15) is 0 Å². The van der Waals surface area contributed by atoms with E-state index in [0.29, 0.717) is 24.0 Å². The molecule has 1 amide bonds. The van der Waals surface area contributed by atoms with Crippen LogP contribution < -0.4 is 11.0 Å². The molecule has 2 aromatic rings. The van der Waals surface area contributed by atoms with Gasteiger partial charge in [0.05, 0.1) is 5.52 Å². The third-order valence-corrected chi connectivity index (χ3v) is 4.24. The molecule has 1 saturated carbocycles. The molecule has 5 rings (SSSR count). The van der Waals surface area contributed by atoms with Crippen molar-refractivity contribution in [1.82, 2.24) is 19.9 Å². The Labute approximate surface area is 108 Å². The molecule has 3 fully saturated rings. The van der Waals surface area contributed by atoms with Gasteiger partial charge in [0.15, 0.2) is 5.65 Å². The summed E-state index contributed by atoms with van der Waals surface area (Å²) in [4.78, 5) is 31.3. The summed E-state index contributed by atoms with van der Waals surface area (Å²) in [6, 6.07) is 3.57. The van der Waals surface area contributed by atoms with Crippen molar-refractivity contribution < 1.29 is 4.79 Å². The monoisotopic (exact) mass is 256 g/mol. The molecule has 2 N–H and O–H groups in total. The number of allylic oxidation sites excluding steroid dienone is 1. The molecule has 6 nitrogen and oxygen atoms in total. The Morgan fingerprint density at radius 3 is 2.95 bits per heavy atom. The Morgan fingerprint density at radius 1 is 1.42 bits per heavy atom. The highest BCUT2D eigenvalue weighted by atomic mass is 16.2. The molecule has 0 atom stereocenters. The standard InChI is InChI=1S/C13H12N4O2/c1-7-8-5-13(6-8,11(18)15-7)17-9-3-2-4-14-10(9)16-12(17)19/h2-4,8H,1,5-6H2,(H,15,18)(H,14,16,19). The van der Waals surface area contributed by atoms with Gasteiger partial charge in [0, 0.05) is 17.8 Å². The van der Waals surface area contributed by atoms with E-state index >= 15 is 0 Å². The lowest BCUT2D eigenvalue weighted by molar-refractivity contribution is -0.140. The van der Waals surface area contributed by atoms with Gasteiger partial charge in [0.1, 0.15) is 5.54 Å². The molecule has 4 heterocycles. The molecule has 96 valence electrons. The number of piperidine rings is 2. The fourth-order valence-corrected chi connectivity index (χ4v) is 3.20. The summed E-state index contributed by atoms with van der Waals surface area (Å²) < 4.78 is 1.55. The normalized spacial score (nSPS) is 29.2. The summed E-state index contributed by atoms with van der Waals surface area (Å²) in [7, 11) is 0. The predicted molar refractivity (Wildman–Crippen MR) is 68.3 cm³/mol. The smallest absolute Gasteiger partial charge is 0.328 e. The van der Waals surface area contributed by atoms with Crippen molar-refractivity contribution >= 4 is 17.1 Å². The molecular weight excluding hydrogens is 244 g/mol. The van der Waals surface area contributed by atoms with E-state index in [-0.39, 0.29) is 17.5 Å². The second kappa shape index (κ2) is 3.14. The maximum atomic E-state index is 12.3. The van der Waals surface area contributed by atoms with E-state index in [2.05, 4.69) is 21.9 Å². The van der Waals surface area contributed by atoms with Gasteiger partial charge in [0.25, 0.3) is 5.91 Å². The molecule has 0 radical (unpaired) electrons. The molecule has 19 heavy (non-hydrogen) atoms. The first-order valence-corrected chi connectivity index (χ1v) is 6.18. The van der Waals surface area contributed by atoms with E-state index in [1.165, 1.54) is 0 Å². The summed E-state index contributed by atoms with van der Waals surface area (Å²) in [5.41, 5.74) is 0.897. The lowest BCUT2D eigenvalue weighted by Gasteiger charge is -2.52. The van der Waals surface area contributed by atoms with Gasteiger partial charge in [0.2, 0.25) is 0 Å². The molecule has 0 spiro atoms. The highest BCUT2D eigenvalue weighted by molar-refractivity contribution is 5.91. The average Bonchev–Trinajstić information content (AvgIpc) is 2.64. The fourth-order valence-electron chi connectivity index (χ4n) is 3.20. The Balaban J connectivity index is 1.97. The predicted octanol–water partition coefficient (Wildman–Crippen LogP) is 0.473. The highest BCUT2D eigenvalue weighted by Gasteiger charge is 2.57. The Bertz CT molecular complexity index is 779. The van der Waals surface area contributed by atoms with E-state index in [1.807, 2.05) is 0 Å². The molecule has 2 bridgehead atoms. The van der Waals surface area contributed by atoms with Crippen molar-refractivity contribution in [2.24, 2.45) is 5.92 Å². The number of aromatic amines is 1. The zero-order chi connectivity index (χ0) is 13.2. The van der Waals surface area contributed by atoms with Crippen molar-refractivity contribution in [3.8, 4) is 0 Å². The topological polar surface area (TPSA) is 79.8 Å². The Hall–Kier alpha value is -2.37. The molecule has 0 unspecified atom stereocenters. The molecule has 2 saturated heterocycles. The summed E-state index contributed by atoms with van der Waals surface area (Å²) in [5, 5.41) is 2.77. The Morgan fingerprint density at radius 2 is 2.21 bits per heavy atom. The number of nitrogens with one attached hydrogen (secondary N) is 2. The quantitative estimate of drug-likeness (QED) is 0.778. The molecule has 3 aliphatic rings. The number of aromatic nitrogens is 3. The maximum Gasteiger partial charge on any atom is 0.328 e. The van der Waals surface area contributed by atoms with Crippen LogP contribution in [0.15, 0.2) is 35.4 Å². The Kier molecular flexibility index (Phi) is 1.74. The minimum absolute atomic E-state index is 0.146. The third kappa shape index (κ3) is 1.13. The average molecular weight is 256 g/mol. The summed E-state index contributed by atoms with van der Waals surface area (Å²) in [6.45, 7) is 3.84. The first-order valence-electron chi connectivity index (χ1n) is 6.18. The van der Waals surface area contributed by atoms with Gasteiger partial charge in [-0.3, -0.25) is 14.3 Å². The van der Waals surface area contributed by atoms with Gasteiger partial charge in [-0.1, -0.05) is 6.58 Å². The minimum atomic E-state index is -0.774. The lowest BCUT2D eigenvalue weighted by Crippen LogP contribution is -2.64. The lowest BCUT2D eigenvalue weighted by atomic mass is 9.63. The van der Waals surface area contributed by atoms with E-state index in [1.54, 1.807) is 22.9 Å². The third-order valence-electron chi connectivity index (χ3n) is 4.24. The summed E-state index contributed by atoms with van der Waals surface area (Å²) in [6.07, 6.45) is 2.89. The zero-order valence-electron chi connectivity index (χ0n) is 10.1. The van der Waals surface area contributed by atoms with Crippen LogP contribution in [0.1, 0.15) is 12.8 Å². The number of carbonyl (C=O) groups is 1. The van der Waals surface area contributed by atoms with Gasteiger partial charge in [-0.05, 0) is 25.0 Å². The number of pyridine rings is 1. The number of fused-ring (bicyclic) bond motifs is 3. The van der Waals surface area contributed by atoms with Gasteiger partial charge >= 0.3 is 5.69 Å². The maximum absolute atomic E-state index is 12.3. The number of carbonyl (C=O) groups excluding carboxylic acids is 1. The van der Waals surface area contributed by atoms with Crippen molar-refractivity contribution in [3.05, 3.63) is 41.1 Å². The summed E-state index contributed by atoms with van der Waals surface area (Å²) >= 11 is 0. The number of H-pyrrole nitrogens is 1. The van der Waals surface area contributed by atoms with Crippen LogP contribution in [-0.2, 0) is 10.3 Å². The van der Waals surface area contributed by atoms with Crippen LogP contribution in [0.5, 0.6) is 0 Å². The minimum Gasteiger partial charge on any atom is -0.328 e. The number of amides is 1. The number of hydrogen-bond acceptors (Lipinski definition) is 3. The van der Waals surface area contributed by atoms with Gasteiger partial charge in [-0.25, -0.2) is 9.78 Å². The van der Waals surface area contributed by atoms with Crippen LogP contribution in [-0.4, -0.2) is 20.4 Å². The van der Waals surface area contributed by atoms with Gasteiger partial charge < -0.3 is 5.32 Å². The van der Waals surface area contributed by atoms with E-state index in [4.69, 9.17) is 0 Å². The molecular formula is C13H12N4O2. The second-order valence-electron chi connectivity index (χ2n) is 5.25.